The van der Waals surface area contributed by atoms with Crippen LogP contribution in [0, 0.1) is 18.8 Å². The van der Waals surface area contributed by atoms with Crippen LogP contribution >= 0.6 is 0 Å². The van der Waals surface area contributed by atoms with Gasteiger partial charge in [-0.2, -0.15) is 4.98 Å². The lowest BCUT2D eigenvalue weighted by Crippen LogP contribution is -2.45. The number of rotatable bonds is 3. The third kappa shape index (κ3) is 3.52. The number of piperidine rings is 1. The summed E-state index contributed by atoms with van der Waals surface area (Å²) in [5.74, 6) is 2.97. The molecule has 0 radical (unpaired) electrons. The molecule has 6 heteroatoms. The SMILES string of the molecule is Cc1noc(CC2CCN(C(=O)[C@@H]3COc4ccccc4C3)CC2)n1. The highest BCUT2D eigenvalue weighted by atomic mass is 16.5. The van der Waals surface area contributed by atoms with E-state index < -0.39 is 0 Å². The van der Waals surface area contributed by atoms with Gasteiger partial charge in [0, 0.05) is 19.5 Å². The van der Waals surface area contributed by atoms with E-state index in [1.807, 2.05) is 36.1 Å². The second kappa shape index (κ2) is 6.86. The third-order valence-corrected chi connectivity index (χ3v) is 5.19. The molecule has 0 unspecified atom stereocenters. The first-order chi connectivity index (χ1) is 12.2. The molecule has 2 aliphatic heterocycles. The normalized spacial score (nSPS) is 20.8. The lowest BCUT2D eigenvalue weighted by molar-refractivity contribution is -0.138. The van der Waals surface area contributed by atoms with Gasteiger partial charge in [-0.15, -0.1) is 0 Å². The summed E-state index contributed by atoms with van der Waals surface area (Å²) in [4.78, 5) is 19.1. The Bertz CT molecular complexity index is 750. The number of hydrogen-bond donors (Lipinski definition) is 0. The molecule has 1 fully saturated rings. The van der Waals surface area contributed by atoms with Crippen LogP contribution in [-0.4, -0.2) is 40.6 Å². The standard InChI is InChI=1S/C19H23N3O3/c1-13-20-18(25-21-13)10-14-6-8-22(9-7-14)19(23)16-11-15-4-2-3-5-17(15)24-12-16/h2-5,14,16H,6-12H2,1H3/t16-/m0/s1. The minimum Gasteiger partial charge on any atom is -0.492 e. The smallest absolute Gasteiger partial charge is 0.229 e. The number of amides is 1. The Morgan fingerprint density at radius 1 is 1.28 bits per heavy atom. The Morgan fingerprint density at radius 3 is 2.84 bits per heavy atom. The number of aryl methyl sites for hydroxylation is 1. The quantitative estimate of drug-likeness (QED) is 0.857. The van der Waals surface area contributed by atoms with Crippen LogP contribution in [0.15, 0.2) is 28.8 Å². The van der Waals surface area contributed by atoms with Gasteiger partial charge in [0.25, 0.3) is 0 Å². The Hall–Kier alpha value is -2.37. The van der Waals surface area contributed by atoms with Crippen molar-refractivity contribution in [1.29, 1.82) is 0 Å². The fourth-order valence-corrected chi connectivity index (χ4v) is 3.77. The van der Waals surface area contributed by atoms with Gasteiger partial charge in [-0.05, 0) is 43.7 Å². The molecule has 1 aromatic carbocycles. The Balaban J connectivity index is 1.31. The zero-order valence-electron chi connectivity index (χ0n) is 14.5. The summed E-state index contributed by atoms with van der Waals surface area (Å²) in [6.45, 7) is 3.92. The summed E-state index contributed by atoms with van der Waals surface area (Å²) in [5.41, 5.74) is 1.13. The number of hydrogen-bond acceptors (Lipinski definition) is 5. The maximum absolute atomic E-state index is 12.8. The molecule has 1 aromatic heterocycles. The maximum Gasteiger partial charge on any atom is 0.229 e. The first-order valence-electron chi connectivity index (χ1n) is 8.97. The number of carbonyl (C=O) groups is 1. The van der Waals surface area contributed by atoms with Gasteiger partial charge in [-0.25, -0.2) is 0 Å². The summed E-state index contributed by atoms with van der Waals surface area (Å²) in [6.07, 6.45) is 3.55. The van der Waals surface area contributed by atoms with Gasteiger partial charge in [0.15, 0.2) is 5.82 Å². The fraction of sp³-hybridized carbons (Fsp3) is 0.526. The number of ether oxygens (including phenoxy) is 1. The summed E-state index contributed by atoms with van der Waals surface area (Å²) >= 11 is 0. The second-order valence-corrected chi connectivity index (χ2v) is 7.03. The second-order valence-electron chi connectivity index (χ2n) is 7.03. The van der Waals surface area contributed by atoms with Gasteiger partial charge in [0.05, 0.1) is 5.92 Å². The number of aromatic nitrogens is 2. The van der Waals surface area contributed by atoms with Crippen molar-refractivity contribution < 1.29 is 14.1 Å². The van der Waals surface area contributed by atoms with E-state index in [9.17, 15) is 4.79 Å². The van der Waals surface area contributed by atoms with Crippen molar-refractivity contribution in [2.24, 2.45) is 11.8 Å². The predicted octanol–water partition coefficient (Wildman–Crippen LogP) is 2.41. The molecule has 25 heavy (non-hydrogen) atoms. The number of benzene rings is 1. The van der Waals surface area contributed by atoms with Crippen LogP contribution in [0.1, 0.15) is 30.1 Å². The number of likely N-dealkylation sites (tertiary alicyclic amines) is 1. The monoisotopic (exact) mass is 341 g/mol. The number of fused-ring (bicyclic) bond motifs is 1. The fourth-order valence-electron chi connectivity index (χ4n) is 3.77. The number of carbonyl (C=O) groups excluding carboxylic acids is 1. The lowest BCUT2D eigenvalue weighted by atomic mass is 9.91. The highest BCUT2D eigenvalue weighted by Gasteiger charge is 2.32. The van der Waals surface area contributed by atoms with E-state index in [4.69, 9.17) is 9.26 Å². The van der Waals surface area contributed by atoms with Crippen LogP contribution in [0.25, 0.3) is 0 Å². The highest BCUT2D eigenvalue weighted by Crippen LogP contribution is 2.29. The molecule has 1 atom stereocenters. The molecule has 4 rings (SSSR count). The van der Waals surface area contributed by atoms with Gasteiger partial charge >= 0.3 is 0 Å². The van der Waals surface area contributed by atoms with Gasteiger partial charge in [0.2, 0.25) is 11.8 Å². The van der Waals surface area contributed by atoms with Crippen molar-refractivity contribution in [2.45, 2.75) is 32.6 Å². The average Bonchev–Trinajstić information content (AvgIpc) is 3.06. The maximum atomic E-state index is 12.8. The molecule has 132 valence electrons. The summed E-state index contributed by atoms with van der Waals surface area (Å²) in [5, 5.41) is 3.84. The van der Waals surface area contributed by atoms with E-state index in [2.05, 4.69) is 10.1 Å². The van der Waals surface area contributed by atoms with Gasteiger partial charge in [-0.1, -0.05) is 23.4 Å². The molecule has 2 aliphatic rings. The van der Waals surface area contributed by atoms with Crippen LogP contribution in [-0.2, 0) is 17.6 Å². The Kier molecular flexibility index (Phi) is 4.42. The minimum absolute atomic E-state index is 0.0648. The van der Waals surface area contributed by atoms with Crippen molar-refractivity contribution in [3.05, 3.63) is 41.5 Å². The average molecular weight is 341 g/mol. The molecule has 0 saturated carbocycles. The molecule has 3 heterocycles. The van der Waals surface area contributed by atoms with E-state index in [-0.39, 0.29) is 11.8 Å². The minimum atomic E-state index is -0.0648. The van der Waals surface area contributed by atoms with Crippen molar-refractivity contribution in [1.82, 2.24) is 15.0 Å². The third-order valence-electron chi connectivity index (χ3n) is 5.19. The van der Waals surface area contributed by atoms with E-state index in [0.29, 0.717) is 24.2 Å². The molecular weight excluding hydrogens is 318 g/mol. The molecule has 2 aromatic rings. The van der Waals surface area contributed by atoms with Crippen LogP contribution in [0.4, 0.5) is 0 Å². The first kappa shape index (κ1) is 16.1. The van der Waals surface area contributed by atoms with Crippen molar-refractivity contribution in [3.8, 4) is 5.75 Å². The zero-order chi connectivity index (χ0) is 17.2. The van der Waals surface area contributed by atoms with Crippen molar-refractivity contribution >= 4 is 5.91 Å². The largest absolute Gasteiger partial charge is 0.492 e. The van der Waals surface area contributed by atoms with E-state index in [1.165, 1.54) is 0 Å². The summed E-state index contributed by atoms with van der Waals surface area (Å²) in [6, 6.07) is 7.99. The number of para-hydroxylation sites is 1. The van der Waals surface area contributed by atoms with E-state index >= 15 is 0 Å². The van der Waals surface area contributed by atoms with Gasteiger partial charge < -0.3 is 14.2 Å². The lowest BCUT2D eigenvalue weighted by Gasteiger charge is -2.35. The molecule has 0 N–H and O–H groups in total. The Labute approximate surface area is 147 Å². The van der Waals surface area contributed by atoms with Crippen LogP contribution in [0.2, 0.25) is 0 Å². The predicted molar refractivity (Wildman–Crippen MR) is 91.2 cm³/mol. The molecule has 1 amide bonds. The van der Waals surface area contributed by atoms with Gasteiger partial charge in [0.1, 0.15) is 12.4 Å². The van der Waals surface area contributed by atoms with Crippen LogP contribution in [0.3, 0.4) is 0 Å². The highest BCUT2D eigenvalue weighted by molar-refractivity contribution is 5.80. The van der Waals surface area contributed by atoms with Crippen molar-refractivity contribution in [3.63, 3.8) is 0 Å². The first-order valence-corrected chi connectivity index (χ1v) is 8.97. The summed E-state index contributed by atoms with van der Waals surface area (Å²) < 4.78 is 11.0. The summed E-state index contributed by atoms with van der Waals surface area (Å²) in [7, 11) is 0. The number of nitrogens with zero attached hydrogens (tertiary/aromatic N) is 3. The van der Waals surface area contributed by atoms with Crippen molar-refractivity contribution in [2.75, 3.05) is 19.7 Å². The van der Waals surface area contributed by atoms with Crippen LogP contribution in [0.5, 0.6) is 5.75 Å². The molecule has 0 bridgehead atoms. The molecule has 0 spiro atoms. The Morgan fingerprint density at radius 2 is 2.08 bits per heavy atom. The van der Waals surface area contributed by atoms with Crippen LogP contribution < -0.4 is 4.74 Å². The van der Waals surface area contributed by atoms with E-state index in [0.717, 1.165) is 50.1 Å². The molecule has 6 nitrogen and oxygen atoms in total. The van der Waals surface area contributed by atoms with E-state index in [1.54, 1.807) is 0 Å². The molecule has 0 aliphatic carbocycles. The topological polar surface area (TPSA) is 68.5 Å². The van der Waals surface area contributed by atoms with Gasteiger partial charge in [-0.3, -0.25) is 4.79 Å². The molecular formula is C19H23N3O3. The zero-order valence-corrected chi connectivity index (χ0v) is 14.5. The molecule has 1 saturated heterocycles.